The van der Waals surface area contributed by atoms with Crippen molar-refractivity contribution >= 4 is 10.0 Å². The summed E-state index contributed by atoms with van der Waals surface area (Å²) in [6, 6.07) is 0.000376. The second-order valence-electron chi connectivity index (χ2n) is 3.62. The summed E-state index contributed by atoms with van der Waals surface area (Å²) in [7, 11) is -3.06. The average molecular weight is 222 g/mol. The summed E-state index contributed by atoms with van der Waals surface area (Å²) in [4.78, 5) is 0. The number of rotatable bonds is 8. The minimum absolute atomic E-state index is 0.000376. The van der Waals surface area contributed by atoms with Gasteiger partial charge in [0.15, 0.2) is 0 Å². The number of nitrogens with one attached hydrogen (secondary N) is 1. The van der Waals surface area contributed by atoms with Crippen LogP contribution in [0.3, 0.4) is 0 Å². The molecule has 0 bridgehead atoms. The van der Waals surface area contributed by atoms with Crippen LogP contribution in [0, 0.1) is 0 Å². The van der Waals surface area contributed by atoms with E-state index in [1.807, 2.05) is 13.8 Å². The number of unbranched alkanes of at least 4 members (excludes halogenated alkanes) is 1. The molecule has 3 N–H and O–H groups in total. The van der Waals surface area contributed by atoms with E-state index in [0.29, 0.717) is 6.54 Å². The van der Waals surface area contributed by atoms with Crippen LogP contribution in [-0.4, -0.2) is 26.8 Å². The topological polar surface area (TPSA) is 72.2 Å². The van der Waals surface area contributed by atoms with E-state index in [1.165, 1.54) is 0 Å². The van der Waals surface area contributed by atoms with Crippen molar-refractivity contribution in [1.82, 2.24) is 4.72 Å². The van der Waals surface area contributed by atoms with E-state index < -0.39 is 10.0 Å². The molecular formula is C9H22N2O2S. The molecule has 0 aromatic heterocycles. The van der Waals surface area contributed by atoms with Gasteiger partial charge < -0.3 is 5.73 Å². The largest absolute Gasteiger partial charge is 0.330 e. The first-order chi connectivity index (χ1) is 6.52. The Morgan fingerprint density at radius 3 is 2.50 bits per heavy atom. The van der Waals surface area contributed by atoms with Crippen molar-refractivity contribution in [2.45, 2.75) is 45.6 Å². The van der Waals surface area contributed by atoms with Crippen molar-refractivity contribution in [3.8, 4) is 0 Å². The molecule has 0 amide bonds. The lowest BCUT2D eigenvalue weighted by Gasteiger charge is -2.13. The summed E-state index contributed by atoms with van der Waals surface area (Å²) in [5, 5.41) is 0. The minimum atomic E-state index is -3.06. The molecular weight excluding hydrogens is 200 g/mol. The molecule has 0 rings (SSSR count). The molecule has 0 aliphatic heterocycles. The second-order valence-corrected chi connectivity index (χ2v) is 5.50. The molecule has 0 aromatic rings. The van der Waals surface area contributed by atoms with E-state index in [9.17, 15) is 8.42 Å². The van der Waals surface area contributed by atoms with Crippen LogP contribution in [-0.2, 0) is 10.0 Å². The molecule has 1 atom stereocenters. The maximum atomic E-state index is 11.4. The molecule has 0 aromatic carbocycles. The quantitative estimate of drug-likeness (QED) is 0.639. The number of nitrogens with two attached hydrogens (primary N) is 1. The summed E-state index contributed by atoms with van der Waals surface area (Å²) in [5.41, 5.74) is 5.34. The maximum absolute atomic E-state index is 11.4. The van der Waals surface area contributed by atoms with Crippen LogP contribution in [0.1, 0.15) is 39.5 Å². The Kier molecular flexibility index (Phi) is 7.13. The molecule has 0 fully saturated rings. The van der Waals surface area contributed by atoms with Gasteiger partial charge in [-0.1, -0.05) is 13.3 Å². The molecule has 0 saturated heterocycles. The van der Waals surface area contributed by atoms with Crippen molar-refractivity contribution in [2.24, 2.45) is 5.73 Å². The predicted molar refractivity (Wildman–Crippen MR) is 59.6 cm³/mol. The van der Waals surface area contributed by atoms with E-state index in [2.05, 4.69) is 4.72 Å². The Morgan fingerprint density at radius 1 is 1.36 bits per heavy atom. The Hall–Kier alpha value is -0.130. The zero-order chi connectivity index (χ0) is 11.0. The van der Waals surface area contributed by atoms with Gasteiger partial charge >= 0.3 is 0 Å². The molecule has 0 spiro atoms. The summed E-state index contributed by atoms with van der Waals surface area (Å²) < 4.78 is 25.5. The van der Waals surface area contributed by atoms with Gasteiger partial charge in [-0.15, -0.1) is 0 Å². The van der Waals surface area contributed by atoms with Gasteiger partial charge in [0, 0.05) is 6.04 Å². The minimum Gasteiger partial charge on any atom is -0.330 e. The molecule has 0 aliphatic carbocycles. The van der Waals surface area contributed by atoms with Crippen molar-refractivity contribution in [3.05, 3.63) is 0 Å². The summed E-state index contributed by atoms with van der Waals surface area (Å²) >= 11 is 0. The highest BCUT2D eigenvalue weighted by Crippen LogP contribution is 2.00. The lowest BCUT2D eigenvalue weighted by Crippen LogP contribution is -2.34. The number of hydrogen-bond donors (Lipinski definition) is 2. The molecule has 5 heteroatoms. The van der Waals surface area contributed by atoms with Crippen LogP contribution in [0.15, 0.2) is 0 Å². The van der Waals surface area contributed by atoms with E-state index in [0.717, 1.165) is 25.7 Å². The van der Waals surface area contributed by atoms with Gasteiger partial charge in [-0.05, 0) is 32.7 Å². The van der Waals surface area contributed by atoms with Gasteiger partial charge in [-0.3, -0.25) is 0 Å². The van der Waals surface area contributed by atoms with Gasteiger partial charge in [0.25, 0.3) is 0 Å². The standard InChI is InChI=1S/C9H22N2O2S/c1-3-4-8-14(12,13)11-9(2)6-5-7-10/h9,11H,3-8,10H2,1-2H3. The summed E-state index contributed by atoms with van der Waals surface area (Å²) in [6.07, 6.45) is 3.29. The van der Waals surface area contributed by atoms with E-state index in [4.69, 9.17) is 5.73 Å². The zero-order valence-corrected chi connectivity index (χ0v) is 9.94. The van der Waals surface area contributed by atoms with Crippen molar-refractivity contribution in [1.29, 1.82) is 0 Å². The highest BCUT2D eigenvalue weighted by molar-refractivity contribution is 7.89. The molecule has 14 heavy (non-hydrogen) atoms. The molecule has 4 nitrogen and oxygen atoms in total. The van der Waals surface area contributed by atoms with Gasteiger partial charge in [-0.25, -0.2) is 13.1 Å². The van der Waals surface area contributed by atoms with Gasteiger partial charge in [-0.2, -0.15) is 0 Å². The molecule has 0 heterocycles. The Balaban J connectivity index is 3.83. The summed E-state index contributed by atoms with van der Waals surface area (Å²) in [5.74, 6) is 0.233. The average Bonchev–Trinajstić information content (AvgIpc) is 2.11. The summed E-state index contributed by atoms with van der Waals surface area (Å²) in [6.45, 7) is 4.47. The molecule has 86 valence electrons. The van der Waals surface area contributed by atoms with Gasteiger partial charge in [0.1, 0.15) is 0 Å². The molecule has 0 radical (unpaired) electrons. The van der Waals surface area contributed by atoms with Crippen LogP contribution >= 0.6 is 0 Å². The lowest BCUT2D eigenvalue weighted by atomic mass is 10.2. The number of hydrogen-bond acceptors (Lipinski definition) is 3. The highest BCUT2D eigenvalue weighted by atomic mass is 32.2. The fraction of sp³-hybridized carbons (Fsp3) is 1.00. The van der Waals surface area contributed by atoms with Crippen molar-refractivity contribution < 1.29 is 8.42 Å². The monoisotopic (exact) mass is 222 g/mol. The van der Waals surface area contributed by atoms with Crippen molar-refractivity contribution in [2.75, 3.05) is 12.3 Å². The maximum Gasteiger partial charge on any atom is 0.211 e. The van der Waals surface area contributed by atoms with Crippen LogP contribution in [0.2, 0.25) is 0 Å². The zero-order valence-electron chi connectivity index (χ0n) is 9.12. The smallest absolute Gasteiger partial charge is 0.211 e. The Bertz CT molecular complexity index is 227. The van der Waals surface area contributed by atoms with Crippen LogP contribution < -0.4 is 10.5 Å². The van der Waals surface area contributed by atoms with Gasteiger partial charge in [0.2, 0.25) is 10.0 Å². The Labute approximate surface area is 87.3 Å². The normalized spacial score (nSPS) is 14.2. The van der Waals surface area contributed by atoms with Crippen LogP contribution in [0.5, 0.6) is 0 Å². The fourth-order valence-corrected chi connectivity index (χ4v) is 2.70. The molecule has 0 aliphatic rings. The van der Waals surface area contributed by atoms with Gasteiger partial charge in [0.05, 0.1) is 5.75 Å². The fourth-order valence-electron chi connectivity index (χ4n) is 1.18. The third-order valence-electron chi connectivity index (χ3n) is 1.99. The first-order valence-electron chi connectivity index (χ1n) is 5.22. The molecule has 1 unspecified atom stereocenters. The van der Waals surface area contributed by atoms with E-state index >= 15 is 0 Å². The highest BCUT2D eigenvalue weighted by Gasteiger charge is 2.12. The van der Waals surface area contributed by atoms with Crippen molar-refractivity contribution in [3.63, 3.8) is 0 Å². The third-order valence-corrected chi connectivity index (χ3v) is 3.58. The predicted octanol–water partition coefficient (Wildman–Crippen LogP) is 0.833. The van der Waals surface area contributed by atoms with E-state index in [1.54, 1.807) is 0 Å². The lowest BCUT2D eigenvalue weighted by molar-refractivity contribution is 0.537. The Morgan fingerprint density at radius 2 is 2.00 bits per heavy atom. The van der Waals surface area contributed by atoms with Crippen LogP contribution in [0.25, 0.3) is 0 Å². The van der Waals surface area contributed by atoms with E-state index in [-0.39, 0.29) is 11.8 Å². The SMILES string of the molecule is CCCCS(=O)(=O)NC(C)CCCN. The first kappa shape index (κ1) is 13.9. The third kappa shape index (κ3) is 7.29. The first-order valence-corrected chi connectivity index (χ1v) is 6.87. The molecule has 0 saturated carbocycles. The van der Waals surface area contributed by atoms with Crippen LogP contribution in [0.4, 0.5) is 0 Å². The second kappa shape index (κ2) is 7.20. The number of sulfonamides is 1.